The number of fused-ring (bicyclic) bond motifs is 1. The molecule has 5 nitrogen and oxygen atoms in total. The SMILES string of the molecule is CCOC(C)(C)CNc1nc2ccccc2nc1N. The number of rotatable bonds is 5. The van der Waals surface area contributed by atoms with Crippen LogP contribution in [0.5, 0.6) is 0 Å². The maximum Gasteiger partial charge on any atom is 0.169 e. The van der Waals surface area contributed by atoms with Crippen molar-refractivity contribution in [2.75, 3.05) is 24.2 Å². The van der Waals surface area contributed by atoms with Crippen LogP contribution < -0.4 is 11.1 Å². The lowest BCUT2D eigenvalue weighted by molar-refractivity contribution is 0.000656. The molecule has 102 valence electrons. The van der Waals surface area contributed by atoms with E-state index in [4.69, 9.17) is 10.5 Å². The van der Waals surface area contributed by atoms with E-state index in [1.165, 1.54) is 0 Å². The number of para-hydroxylation sites is 2. The summed E-state index contributed by atoms with van der Waals surface area (Å²) in [5.74, 6) is 1.01. The van der Waals surface area contributed by atoms with E-state index < -0.39 is 0 Å². The predicted octanol–water partition coefficient (Wildman–Crippen LogP) is 2.44. The number of hydrogen-bond acceptors (Lipinski definition) is 5. The average Bonchev–Trinajstić information content (AvgIpc) is 2.36. The Hall–Kier alpha value is -1.88. The van der Waals surface area contributed by atoms with Gasteiger partial charge in [-0.15, -0.1) is 0 Å². The van der Waals surface area contributed by atoms with Gasteiger partial charge in [-0.05, 0) is 32.9 Å². The van der Waals surface area contributed by atoms with Gasteiger partial charge in [0.25, 0.3) is 0 Å². The van der Waals surface area contributed by atoms with Crippen LogP contribution in [0.25, 0.3) is 11.0 Å². The van der Waals surface area contributed by atoms with E-state index in [9.17, 15) is 0 Å². The molecule has 2 rings (SSSR count). The fourth-order valence-electron chi connectivity index (χ4n) is 1.88. The Labute approximate surface area is 113 Å². The van der Waals surface area contributed by atoms with Gasteiger partial charge in [-0.1, -0.05) is 12.1 Å². The number of ether oxygens (including phenoxy) is 1. The van der Waals surface area contributed by atoms with Crippen molar-refractivity contribution in [2.24, 2.45) is 0 Å². The summed E-state index contributed by atoms with van der Waals surface area (Å²) < 4.78 is 5.63. The van der Waals surface area contributed by atoms with Gasteiger partial charge in [0.2, 0.25) is 0 Å². The first-order valence-electron chi connectivity index (χ1n) is 6.42. The Bertz CT molecular complexity index is 568. The minimum absolute atomic E-state index is 0.269. The molecule has 3 N–H and O–H groups in total. The Balaban J connectivity index is 2.18. The molecule has 0 aliphatic heterocycles. The van der Waals surface area contributed by atoms with E-state index in [0.29, 0.717) is 24.8 Å². The second kappa shape index (κ2) is 5.40. The van der Waals surface area contributed by atoms with Crippen molar-refractivity contribution < 1.29 is 4.74 Å². The Morgan fingerprint density at radius 1 is 1.21 bits per heavy atom. The van der Waals surface area contributed by atoms with Crippen molar-refractivity contribution in [1.29, 1.82) is 0 Å². The second-order valence-electron chi connectivity index (χ2n) is 4.99. The van der Waals surface area contributed by atoms with E-state index in [2.05, 4.69) is 15.3 Å². The van der Waals surface area contributed by atoms with Gasteiger partial charge in [-0.25, -0.2) is 9.97 Å². The van der Waals surface area contributed by atoms with Crippen LogP contribution in [-0.4, -0.2) is 28.7 Å². The molecule has 0 bridgehead atoms. The largest absolute Gasteiger partial charge is 0.381 e. The molecule has 1 aromatic carbocycles. The fourth-order valence-corrected chi connectivity index (χ4v) is 1.88. The third-order valence-corrected chi connectivity index (χ3v) is 2.81. The van der Waals surface area contributed by atoms with Gasteiger partial charge >= 0.3 is 0 Å². The van der Waals surface area contributed by atoms with E-state index in [1.54, 1.807) is 0 Å². The second-order valence-corrected chi connectivity index (χ2v) is 4.99. The van der Waals surface area contributed by atoms with Crippen LogP contribution in [0, 0.1) is 0 Å². The number of benzene rings is 1. The third-order valence-electron chi connectivity index (χ3n) is 2.81. The van der Waals surface area contributed by atoms with Crippen molar-refractivity contribution in [3.8, 4) is 0 Å². The summed E-state index contributed by atoms with van der Waals surface area (Å²) in [5.41, 5.74) is 7.27. The van der Waals surface area contributed by atoms with Gasteiger partial charge in [0.1, 0.15) is 0 Å². The zero-order valence-electron chi connectivity index (χ0n) is 11.6. The average molecular weight is 260 g/mol. The van der Waals surface area contributed by atoms with Gasteiger partial charge in [-0.2, -0.15) is 0 Å². The molecule has 0 saturated carbocycles. The fraction of sp³-hybridized carbons (Fsp3) is 0.429. The molecule has 0 saturated heterocycles. The summed E-state index contributed by atoms with van der Waals surface area (Å²) >= 11 is 0. The van der Waals surface area contributed by atoms with Crippen LogP contribution in [0.3, 0.4) is 0 Å². The van der Waals surface area contributed by atoms with Crippen molar-refractivity contribution in [1.82, 2.24) is 9.97 Å². The molecule has 0 unspecified atom stereocenters. The minimum Gasteiger partial charge on any atom is -0.381 e. The lowest BCUT2D eigenvalue weighted by Gasteiger charge is -2.25. The Morgan fingerprint density at radius 3 is 2.47 bits per heavy atom. The van der Waals surface area contributed by atoms with Gasteiger partial charge in [0, 0.05) is 13.2 Å². The van der Waals surface area contributed by atoms with E-state index in [1.807, 2.05) is 45.0 Å². The highest BCUT2D eigenvalue weighted by Gasteiger charge is 2.18. The molecule has 1 aromatic heterocycles. The molecule has 2 aromatic rings. The predicted molar refractivity (Wildman–Crippen MR) is 78.1 cm³/mol. The standard InChI is InChI=1S/C14H20N4O/c1-4-19-14(2,3)9-16-13-12(15)17-10-7-5-6-8-11(10)18-13/h5-8H,4,9H2,1-3H3,(H2,15,17)(H,16,18). The summed E-state index contributed by atoms with van der Waals surface area (Å²) in [6.45, 7) is 7.32. The number of nitrogen functional groups attached to an aromatic ring is 1. The van der Waals surface area contributed by atoms with Gasteiger partial charge in [0.05, 0.1) is 16.6 Å². The van der Waals surface area contributed by atoms with Crippen molar-refractivity contribution >= 4 is 22.7 Å². The van der Waals surface area contributed by atoms with E-state index in [0.717, 1.165) is 11.0 Å². The molecule has 1 heterocycles. The van der Waals surface area contributed by atoms with E-state index in [-0.39, 0.29) is 5.60 Å². The molecule has 0 fully saturated rings. The first-order chi connectivity index (χ1) is 9.02. The normalized spacial score (nSPS) is 11.7. The molecule has 0 aliphatic rings. The van der Waals surface area contributed by atoms with Crippen LogP contribution in [0.2, 0.25) is 0 Å². The zero-order valence-corrected chi connectivity index (χ0v) is 11.6. The highest BCUT2D eigenvalue weighted by Crippen LogP contribution is 2.19. The summed E-state index contributed by atoms with van der Waals surface area (Å²) in [5, 5.41) is 3.21. The molecule has 0 atom stereocenters. The number of aromatic nitrogens is 2. The quantitative estimate of drug-likeness (QED) is 0.863. The third kappa shape index (κ3) is 3.32. The molecular weight excluding hydrogens is 240 g/mol. The number of nitrogens with zero attached hydrogens (tertiary/aromatic N) is 2. The Kier molecular flexibility index (Phi) is 3.85. The maximum absolute atomic E-state index is 5.91. The Morgan fingerprint density at radius 2 is 1.84 bits per heavy atom. The first kappa shape index (κ1) is 13.5. The first-order valence-corrected chi connectivity index (χ1v) is 6.42. The van der Waals surface area contributed by atoms with Gasteiger partial charge < -0.3 is 15.8 Å². The molecular formula is C14H20N4O. The van der Waals surface area contributed by atoms with Crippen molar-refractivity contribution in [2.45, 2.75) is 26.4 Å². The lowest BCUT2D eigenvalue weighted by atomic mass is 10.1. The molecule has 0 amide bonds. The molecule has 19 heavy (non-hydrogen) atoms. The summed E-state index contributed by atoms with van der Waals surface area (Å²) in [6, 6.07) is 7.66. The number of nitrogens with two attached hydrogens (primary N) is 1. The zero-order chi connectivity index (χ0) is 13.9. The van der Waals surface area contributed by atoms with Crippen LogP contribution in [0.1, 0.15) is 20.8 Å². The van der Waals surface area contributed by atoms with Crippen LogP contribution in [-0.2, 0) is 4.74 Å². The molecule has 0 spiro atoms. The van der Waals surface area contributed by atoms with Gasteiger partial charge in [-0.3, -0.25) is 0 Å². The number of hydrogen-bond donors (Lipinski definition) is 2. The summed E-state index contributed by atoms with van der Waals surface area (Å²) in [7, 11) is 0. The van der Waals surface area contributed by atoms with Crippen LogP contribution >= 0.6 is 0 Å². The molecule has 0 radical (unpaired) electrons. The van der Waals surface area contributed by atoms with Crippen LogP contribution in [0.15, 0.2) is 24.3 Å². The smallest absolute Gasteiger partial charge is 0.169 e. The van der Waals surface area contributed by atoms with E-state index >= 15 is 0 Å². The maximum atomic E-state index is 5.91. The topological polar surface area (TPSA) is 73.1 Å². The lowest BCUT2D eigenvalue weighted by Crippen LogP contribution is -2.33. The van der Waals surface area contributed by atoms with Crippen LogP contribution in [0.4, 0.5) is 11.6 Å². The van der Waals surface area contributed by atoms with Crippen molar-refractivity contribution in [3.63, 3.8) is 0 Å². The summed E-state index contributed by atoms with van der Waals surface area (Å²) in [4.78, 5) is 8.82. The highest BCUT2D eigenvalue weighted by molar-refractivity contribution is 5.79. The number of nitrogens with one attached hydrogen (secondary N) is 1. The summed E-state index contributed by atoms with van der Waals surface area (Å²) in [6.07, 6.45) is 0. The molecule has 5 heteroatoms. The monoisotopic (exact) mass is 260 g/mol. The van der Waals surface area contributed by atoms with Gasteiger partial charge in [0.15, 0.2) is 11.6 Å². The molecule has 0 aliphatic carbocycles. The van der Waals surface area contributed by atoms with Crippen molar-refractivity contribution in [3.05, 3.63) is 24.3 Å². The highest BCUT2D eigenvalue weighted by atomic mass is 16.5. The number of anilines is 2. The minimum atomic E-state index is -0.269.